The van der Waals surface area contributed by atoms with Gasteiger partial charge in [-0.15, -0.1) is 0 Å². The van der Waals surface area contributed by atoms with Crippen molar-refractivity contribution >= 4 is 17.3 Å². The maximum absolute atomic E-state index is 6.14. The second-order valence-corrected chi connectivity index (χ2v) is 6.01. The molecule has 0 aromatic heterocycles. The van der Waals surface area contributed by atoms with E-state index in [1.165, 1.54) is 0 Å². The zero-order chi connectivity index (χ0) is 14.0. The minimum absolute atomic E-state index is 0.433. The quantitative estimate of drug-likeness (QED) is 0.922. The van der Waals surface area contributed by atoms with Crippen molar-refractivity contribution in [2.75, 3.05) is 25.1 Å². The summed E-state index contributed by atoms with van der Waals surface area (Å²) in [6.45, 7) is 8.69. The lowest BCUT2D eigenvalue weighted by Crippen LogP contribution is -2.57. The van der Waals surface area contributed by atoms with Gasteiger partial charge in [-0.25, -0.2) is 0 Å². The predicted molar refractivity (Wildman–Crippen MR) is 81.4 cm³/mol. The molecule has 106 valence electrons. The van der Waals surface area contributed by atoms with Crippen LogP contribution in [0.2, 0.25) is 5.02 Å². The molecule has 0 bridgehead atoms. The van der Waals surface area contributed by atoms with Crippen molar-refractivity contribution in [3.63, 3.8) is 0 Å². The van der Waals surface area contributed by atoms with E-state index in [9.17, 15) is 0 Å². The van der Waals surface area contributed by atoms with Gasteiger partial charge in [0.15, 0.2) is 0 Å². The Kier molecular flexibility index (Phi) is 4.58. The lowest BCUT2D eigenvalue weighted by Gasteiger charge is -2.42. The Hall–Kier alpha value is -0.930. The van der Waals surface area contributed by atoms with E-state index in [-0.39, 0.29) is 0 Å². The number of hydrogen-bond acceptors (Lipinski definition) is 3. The summed E-state index contributed by atoms with van der Waals surface area (Å²) in [5, 5.41) is 4.36. The molecule has 2 rings (SSSR count). The van der Waals surface area contributed by atoms with E-state index in [1.54, 1.807) is 7.11 Å². The second kappa shape index (κ2) is 6.02. The molecule has 1 N–H and O–H groups in total. The molecule has 2 atom stereocenters. The van der Waals surface area contributed by atoms with Crippen LogP contribution in [0.25, 0.3) is 0 Å². The molecule has 1 heterocycles. The van der Waals surface area contributed by atoms with Gasteiger partial charge in [-0.2, -0.15) is 0 Å². The third-order valence-corrected chi connectivity index (χ3v) is 4.09. The van der Waals surface area contributed by atoms with Crippen LogP contribution in [0.1, 0.15) is 20.8 Å². The summed E-state index contributed by atoms with van der Waals surface area (Å²) in [7, 11) is 1.71. The molecule has 0 amide bonds. The van der Waals surface area contributed by atoms with Crippen LogP contribution < -0.4 is 15.0 Å². The van der Waals surface area contributed by atoms with Gasteiger partial charge >= 0.3 is 0 Å². The van der Waals surface area contributed by atoms with E-state index in [0.29, 0.717) is 18.0 Å². The second-order valence-electron chi connectivity index (χ2n) is 5.58. The number of methoxy groups -OCH3 is 1. The predicted octanol–water partition coefficient (Wildman–Crippen LogP) is 3.17. The number of halogens is 1. The van der Waals surface area contributed by atoms with Crippen LogP contribution in [0, 0.1) is 5.92 Å². The summed E-state index contributed by atoms with van der Waals surface area (Å²) in [5.41, 5.74) is 1.09. The Morgan fingerprint density at radius 2 is 2.16 bits per heavy atom. The standard InChI is InChI=1S/C15H23ClN2O/c1-10(2)13-9-18(11(3)8-17-13)14-7-12(16)5-6-15(14)19-4/h5-7,10-11,13,17H,8-9H2,1-4H3. The van der Waals surface area contributed by atoms with Crippen molar-refractivity contribution in [3.8, 4) is 5.75 Å². The van der Waals surface area contributed by atoms with Crippen LogP contribution >= 0.6 is 11.6 Å². The third kappa shape index (κ3) is 3.15. The van der Waals surface area contributed by atoms with E-state index in [2.05, 4.69) is 31.0 Å². The fourth-order valence-corrected chi connectivity index (χ4v) is 2.72. The molecule has 2 unspecified atom stereocenters. The molecule has 1 aliphatic heterocycles. The molecule has 1 aromatic rings. The highest BCUT2D eigenvalue weighted by molar-refractivity contribution is 6.30. The molecule has 1 saturated heterocycles. The van der Waals surface area contributed by atoms with Crippen LogP contribution in [0.3, 0.4) is 0 Å². The normalized spacial score (nSPS) is 23.8. The van der Waals surface area contributed by atoms with Gasteiger partial charge in [0, 0.05) is 30.2 Å². The highest BCUT2D eigenvalue weighted by Gasteiger charge is 2.28. The summed E-state index contributed by atoms with van der Waals surface area (Å²) < 4.78 is 5.48. The van der Waals surface area contributed by atoms with E-state index < -0.39 is 0 Å². The van der Waals surface area contributed by atoms with Crippen LogP contribution in [0.15, 0.2) is 18.2 Å². The van der Waals surface area contributed by atoms with Gasteiger partial charge in [0.05, 0.1) is 12.8 Å². The molecule has 0 saturated carbocycles. The summed E-state index contributed by atoms with van der Waals surface area (Å²) >= 11 is 6.14. The Labute approximate surface area is 120 Å². The zero-order valence-electron chi connectivity index (χ0n) is 12.1. The first kappa shape index (κ1) is 14.5. The summed E-state index contributed by atoms with van der Waals surface area (Å²) in [6, 6.07) is 6.75. The summed E-state index contributed by atoms with van der Waals surface area (Å²) in [6.07, 6.45) is 0. The number of hydrogen-bond donors (Lipinski definition) is 1. The molecule has 3 nitrogen and oxygen atoms in total. The number of anilines is 1. The largest absolute Gasteiger partial charge is 0.495 e. The maximum atomic E-state index is 6.14. The van der Waals surface area contributed by atoms with Gasteiger partial charge in [-0.3, -0.25) is 0 Å². The number of ether oxygens (including phenoxy) is 1. The number of nitrogens with one attached hydrogen (secondary N) is 1. The fraction of sp³-hybridized carbons (Fsp3) is 0.600. The summed E-state index contributed by atoms with van der Waals surface area (Å²) in [5.74, 6) is 1.50. The van der Waals surface area contributed by atoms with Crippen LogP contribution in [0.5, 0.6) is 5.75 Å². The molecule has 1 aliphatic rings. The molecule has 0 radical (unpaired) electrons. The molecular weight excluding hydrogens is 260 g/mol. The number of rotatable bonds is 3. The molecule has 19 heavy (non-hydrogen) atoms. The van der Waals surface area contributed by atoms with Crippen molar-refractivity contribution in [3.05, 3.63) is 23.2 Å². The van der Waals surface area contributed by atoms with Gasteiger partial charge in [0.2, 0.25) is 0 Å². The van der Waals surface area contributed by atoms with Crippen molar-refractivity contribution in [1.29, 1.82) is 0 Å². The van der Waals surface area contributed by atoms with Gasteiger partial charge in [0.25, 0.3) is 0 Å². The molecule has 0 aliphatic carbocycles. The van der Waals surface area contributed by atoms with Crippen molar-refractivity contribution in [1.82, 2.24) is 5.32 Å². The Morgan fingerprint density at radius 1 is 1.42 bits per heavy atom. The minimum Gasteiger partial charge on any atom is -0.495 e. The maximum Gasteiger partial charge on any atom is 0.142 e. The minimum atomic E-state index is 0.433. The van der Waals surface area contributed by atoms with Crippen LogP contribution in [-0.4, -0.2) is 32.3 Å². The lowest BCUT2D eigenvalue weighted by molar-refractivity contribution is 0.333. The average Bonchev–Trinajstić information content (AvgIpc) is 2.39. The van der Waals surface area contributed by atoms with Crippen LogP contribution in [0.4, 0.5) is 5.69 Å². The van der Waals surface area contributed by atoms with Gasteiger partial charge < -0.3 is 15.0 Å². The van der Waals surface area contributed by atoms with Gasteiger partial charge in [-0.1, -0.05) is 25.4 Å². The fourth-order valence-electron chi connectivity index (χ4n) is 2.56. The highest BCUT2D eigenvalue weighted by Crippen LogP contribution is 2.33. The lowest BCUT2D eigenvalue weighted by atomic mass is 9.99. The van der Waals surface area contributed by atoms with Gasteiger partial charge in [-0.05, 0) is 31.0 Å². The zero-order valence-corrected chi connectivity index (χ0v) is 12.9. The Balaban J connectivity index is 2.30. The van der Waals surface area contributed by atoms with E-state index in [4.69, 9.17) is 16.3 Å². The Bertz CT molecular complexity index is 436. The summed E-state index contributed by atoms with van der Waals surface area (Å²) in [4.78, 5) is 2.39. The van der Waals surface area contributed by atoms with Crippen LogP contribution in [-0.2, 0) is 0 Å². The topological polar surface area (TPSA) is 24.5 Å². The molecule has 0 spiro atoms. The average molecular weight is 283 g/mol. The molecule has 4 heteroatoms. The monoisotopic (exact) mass is 282 g/mol. The smallest absolute Gasteiger partial charge is 0.142 e. The number of nitrogens with zero attached hydrogens (tertiary/aromatic N) is 1. The first-order chi connectivity index (χ1) is 9.02. The van der Waals surface area contributed by atoms with Crippen molar-refractivity contribution < 1.29 is 4.74 Å². The molecular formula is C15H23ClN2O. The highest BCUT2D eigenvalue weighted by atomic mass is 35.5. The van der Waals surface area contributed by atoms with Gasteiger partial charge in [0.1, 0.15) is 5.75 Å². The SMILES string of the molecule is COc1ccc(Cl)cc1N1CC(C(C)C)NCC1C. The van der Waals surface area contributed by atoms with E-state index in [1.807, 2.05) is 18.2 Å². The van der Waals surface area contributed by atoms with E-state index in [0.717, 1.165) is 29.5 Å². The number of piperazine rings is 1. The first-order valence-corrected chi connectivity index (χ1v) is 7.24. The van der Waals surface area contributed by atoms with Crippen molar-refractivity contribution in [2.24, 2.45) is 5.92 Å². The molecule has 1 aromatic carbocycles. The van der Waals surface area contributed by atoms with E-state index >= 15 is 0 Å². The molecule has 1 fully saturated rings. The Morgan fingerprint density at radius 3 is 2.79 bits per heavy atom. The first-order valence-electron chi connectivity index (χ1n) is 6.86. The van der Waals surface area contributed by atoms with Crippen molar-refractivity contribution in [2.45, 2.75) is 32.9 Å². The third-order valence-electron chi connectivity index (χ3n) is 3.86. The number of benzene rings is 1.